The van der Waals surface area contributed by atoms with Crippen molar-refractivity contribution in [2.75, 3.05) is 31.3 Å². The van der Waals surface area contributed by atoms with E-state index in [1.165, 1.54) is 11.8 Å². The van der Waals surface area contributed by atoms with Gasteiger partial charge in [0.15, 0.2) is 0 Å². The lowest BCUT2D eigenvalue weighted by atomic mass is 10.2. The van der Waals surface area contributed by atoms with Crippen molar-refractivity contribution in [3.8, 4) is 11.5 Å². The molecule has 0 radical (unpaired) electrons. The summed E-state index contributed by atoms with van der Waals surface area (Å²) in [6, 6.07) is 22.5. The smallest absolute Gasteiger partial charge is 0.251 e. The van der Waals surface area contributed by atoms with Crippen LogP contribution in [0.1, 0.15) is 17.3 Å². The molecule has 0 aliphatic rings. The third kappa shape index (κ3) is 6.20. The number of amides is 2. The van der Waals surface area contributed by atoms with E-state index in [0.717, 1.165) is 21.5 Å². The summed E-state index contributed by atoms with van der Waals surface area (Å²) < 4.78 is 12.8. The first kappa shape index (κ1) is 25.2. The molecule has 0 bridgehead atoms. The van der Waals surface area contributed by atoms with E-state index in [9.17, 15) is 9.59 Å². The number of methoxy groups -OCH3 is 1. The number of carbonyl (C=O) groups is 2. The minimum absolute atomic E-state index is 0.107. The molecule has 2 amide bonds. The van der Waals surface area contributed by atoms with Crippen LogP contribution in [0.5, 0.6) is 11.5 Å². The minimum Gasteiger partial charge on any atom is -0.495 e. The van der Waals surface area contributed by atoms with E-state index in [-0.39, 0.29) is 17.6 Å². The normalized spacial score (nSPS) is 10.7. The van der Waals surface area contributed by atoms with E-state index < -0.39 is 0 Å². The van der Waals surface area contributed by atoms with Gasteiger partial charge in [-0.2, -0.15) is 0 Å². The van der Waals surface area contributed by atoms with Crippen LogP contribution in [0.3, 0.4) is 0 Å². The van der Waals surface area contributed by atoms with Crippen molar-refractivity contribution in [1.82, 2.24) is 9.88 Å². The molecule has 1 heterocycles. The standard InChI is InChI=1S/C28H29N3O4S/c1-3-35-21-14-12-20(13-15-21)28(33)29-16-17-31-18-26(22-8-4-6-10-24(22)31)36-19-27(32)30-23-9-5-7-11-25(23)34-2/h4-15,18H,3,16-17,19H2,1-2H3,(H,29,33)(H,30,32). The second kappa shape index (κ2) is 12.2. The van der Waals surface area contributed by atoms with Crippen LogP contribution in [0, 0.1) is 0 Å². The molecule has 0 fully saturated rings. The Morgan fingerprint density at radius 1 is 0.972 bits per heavy atom. The third-order valence-electron chi connectivity index (χ3n) is 5.56. The molecule has 0 aliphatic heterocycles. The zero-order valence-corrected chi connectivity index (χ0v) is 21.1. The van der Waals surface area contributed by atoms with Crippen molar-refractivity contribution in [3.05, 3.63) is 84.6 Å². The fraction of sp³-hybridized carbons (Fsp3) is 0.214. The molecule has 4 aromatic rings. The van der Waals surface area contributed by atoms with Crippen LogP contribution in [-0.2, 0) is 11.3 Å². The molecular formula is C28H29N3O4S. The Kier molecular flexibility index (Phi) is 8.52. The first-order chi connectivity index (χ1) is 17.6. The second-order valence-corrected chi connectivity index (χ2v) is 8.97. The van der Waals surface area contributed by atoms with Crippen LogP contribution in [0.25, 0.3) is 10.9 Å². The quantitative estimate of drug-likeness (QED) is 0.275. The number of nitrogens with zero attached hydrogens (tertiary/aromatic N) is 1. The van der Waals surface area contributed by atoms with Crippen molar-refractivity contribution < 1.29 is 19.1 Å². The summed E-state index contributed by atoms with van der Waals surface area (Å²) in [5.41, 5.74) is 2.30. The highest BCUT2D eigenvalue weighted by molar-refractivity contribution is 8.00. The lowest BCUT2D eigenvalue weighted by Gasteiger charge is -2.09. The van der Waals surface area contributed by atoms with Gasteiger partial charge in [0, 0.05) is 40.6 Å². The predicted octanol–water partition coefficient (Wildman–Crippen LogP) is 5.21. The van der Waals surface area contributed by atoms with E-state index in [2.05, 4.69) is 15.2 Å². The Balaban J connectivity index is 1.36. The van der Waals surface area contributed by atoms with E-state index >= 15 is 0 Å². The van der Waals surface area contributed by atoms with Crippen molar-refractivity contribution >= 4 is 40.2 Å². The molecule has 0 atom stereocenters. The molecule has 7 nitrogen and oxygen atoms in total. The van der Waals surface area contributed by atoms with Crippen molar-refractivity contribution in [1.29, 1.82) is 0 Å². The van der Waals surface area contributed by atoms with Crippen LogP contribution in [0.4, 0.5) is 5.69 Å². The molecule has 3 aromatic carbocycles. The maximum Gasteiger partial charge on any atom is 0.251 e. The number of hydrogen-bond acceptors (Lipinski definition) is 5. The van der Waals surface area contributed by atoms with E-state index in [1.54, 1.807) is 31.4 Å². The largest absolute Gasteiger partial charge is 0.495 e. The number of carbonyl (C=O) groups excluding carboxylic acids is 2. The Hall–Kier alpha value is -3.91. The van der Waals surface area contributed by atoms with Gasteiger partial charge in [-0.15, -0.1) is 11.8 Å². The van der Waals surface area contributed by atoms with Gasteiger partial charge in [-0.1, -0.05) is 30.3 Å². The Morgan fingerprint density at radius 3 is 2.50 bits per heavy atom. The number of thioether (sulfide) groups is 1. The van der Waals surface area contributed by atoms with Crippen molar-refractivity contribution in [2.24, 2.45) is 0 Å². The van der Waals surface area contributed by atoms with Gasteiger partial charge in [-0.3, -0.25) is 9.59 Å². The third-order valence-corrected chi connectivity index (χ3v) is 6.60. The molecule has 186 valence electrons. The van der Waals surface area contributed by atoms with Gasteiger partial charge in [0.1, 0.15) is 11.5 Å². The highest BCUT2D eigenvalue weighted by Crippen LogP contribution is 2.30. The van der Waals surface area contributed by atoms with Crippen molar-refractivity contribution in [3.63, 3.8) is 0 Å². The highest BCUT2D eigenvalue weighted by atomic mass is 32.2. The first-order valence-electron chi connectivity index (χ1n) is 11.7. The molecule has 0 saturated heterocycles. The molecule has 1 aromatic heterocycles. The maximum absolute atomic E-state index is 12.6. The van der Waals surface area contributed by atoms with E-state index in [4.69, 9.17) is 9.47 Å². The fourth-order valence-electron chi connectivity index (χ4n) is 3.85. The van der Waals surface area contributed by atoms with Crippen LogP contribution in [0.15, 0.2) is 83.9 Å². The number of anilines is 1. The number of ether oxygens (including phenoxy) is 2. The average Bonchev–Trinajstić information content (AvgIpc) is 3.26. The van der Waals surface area contributed by atoms with E-state index in [0.29, 0.717) is 36.7 Å². The molecule has 4 rings (SSSR count). The van der Waals surface area contributed by atoms with Gasteiger partial charge in [-0.05, 0) is 49.4 Å². The predicted molar refractivity (Wildman–Crippen MR) is 144 cm³/mol. The van der Waals surface area contributed by atoms with Gasteiger partial charge in [0.05, 0.1) is 25.2 Å². The van der Waals surface area contributed by atoms with Crippen LogP contribution in [-0.4, -0.2) is 42.4 Å². The van der Waals surface area contributed by atoms with Crippen molar-refractivity contribution in [2.45, 2.75) is 18.4 Å². The molecule has 0 spiro atoms. The topological polar surface area (TPSA) is 81.6 Å². The molecule has 0 unspecified atom stereocenters. The summed E-state index contributed by atoms with van der Waals surface area (Å²) >= 11 is 1.48. The lowest BCUT2D eigenvalue weighted by Crippen LogP contribution is -2.27. The minimum atomic E-state index is -0.128. The number of hydrogen-bond donors (Lipinski definition) is 2. The molecule has 0 aliphatic carbocycles. The summed E-state index contributed by atoms with van der Waals surface area (Å²) in [6.45, 7) is 3.59. The number of para-hydroxylation sites is 3. The summed E-state index contributed by atoms with van der Waals surface area (Å²) in [6.07, 6.45) is 2.04. The van der Waals surface area contributed by atoms with Crippen LogP contribution >= 0.6 is 11.8 Å². The van der Waals surface area contributed by atoms with Gasteiger partial charge < -0.3 is 24.7 Å². The van der Waals surface area contributed by atoms with Gasteiger partial charge in [0.25, 0.3) is 5.91 Å². The summed E-state index contributed by atoms with van der Waals surface area (Å²) in [5.74, 6) is 1.40. The van der Waals surface area contributed by atoms with Crippen LogP contribution < -0.4 is 20.1 Å². The molecule has 2 N–H and O–H groups in total. The van der Waals surface area contributed by atoms with Gasteiger partial charge >= 0.3 is 0 Å². The molecule has 36 heavy (non-hydrogen) atoms. The highest BCUT2D eigenvalue weighted by Gasteiger charge is 2.13. The second-order valence-electron chi connectivity index (χ2n) is 7.95. The maximum atomic E-state index is 12.6. The number of benzene rings is 3. The number of aromatic nitrogens is 1. The Labute approximate surface area is 214 Å². The van der Waals surface area contributed by atoms with E-state index in [1.807, 2.05) is 61.7 Å². The molecule has 0 saturated carbocycles. The molecule has 8 heteroatoms. The SMILES string of the molecule is CCOc1ccc(C(=O)NCCn2cc(SCC(=O)Nc3ccccc3OC)c3ccccc32)cc1. The zero-order valence-electron chi connectivity index (χ0n) is 20.3. The zero-order chi connectivity index (χ0) is 25.3. The number of nitrogens with one attached hydrogen (secondary N) is 2. The average molecular weight is 504 g/mol. The Morgan fingerprint density at radius 2 is 1.72 bits per heavy atom. The van der Waals surface area contributed by atoms with Crippen LogP contribution in [0.2, 0.25) is 0 Å². The summed E-state index contributed by atoms with van der Waals surface area (Å²) in [4.78, 5) is 26.1. The molecular weight excluding hydrogens is 474 g/mol. The van der Waals surface area contributed by atoms with Gasteiger partial charge in [-0.25, -0.2) is 0 Å². The summed E-state index contributed by atoms with van der Waals surface area (Å²) in [7, 11) is 1.58. The first-order valence-corrected chi connectivity index (χ1v) is 12.7. The van der Waals surface area contributed by atoms with Gasteiger partial charge in [0.2, 0.25) is 5.91 Å². The fourth-order valence-corrected chi connectivity index (χ4v) is 4.74. The lowest BCUT2D eigenvalue weighted by molar-refractivity contribution is -0.113. The monoisotopic (exact) mass is 503 g/mol. The Bertz CT molecular complexity index is 1330. The summed E-state index contributed by atoms with van der Waals surface area (Å²) in [5, 5.41) is 6.96. The number of fused-ring (bicyclic) bond motifs is 1. The number of rotatable bonds is 11.